The number of amides is 1. The number of benzene rings is 1. The number of anilines is 1. The van der Waals surface area contributed by atoms with E-state index in [0.29, 0.717) is 5.52 Å². The Morgan fingerprint density at radius 2 is 2.33 bits per heavy atom. The van der Waals surface area contributed by atoms with Gasteiger partial charge < -0.3 is 5.32 Å². The molecule has 0 fully saturated rings. The number of hydrogen-bond donors (Lipinski definition) is 2. The lowest BCUT2D eigenvalue weighted by molar-refractivity contribution is 0.102. The first-order valence-corrected chi connectivity index (χ1v) is 6.02. The van der Waals surface area contributed by atoms with Gasteiger partial charge in [0.25, 0.3) is 5.91 Å². The van der Waals surface area contributed by atoms with Gasteiger partial charge in [0.15, 0.2) is 5.82 Å². The van der Waals surface area contributed by atoms with Crippen LogP contribution < -0.4 is 5.32 Å². The summed E-state index contributed by atoms with van der Waals surface area (Å²) in [4.78, 5) is 15.7. The van der Waals surface area contributed by atoms with Gasteiger partial charge in [-0.15, -0.1) is 11.3 Å². The average Bonchev–Trinajstić information content (AvgIpc) is 2.99. The molecule has 0 aliphatic rings. The summed E-state index contributed by atoms with van der Waals surface area (Å²) >= 11 is 1.31. The lowest BCUT2D eigenvalue weighted by atomic mass is 10.2. The summed E-state index contributed by atoms with van der Waals surface area (Å²) in [5.41, 5.74) is 2.37. The molecular formula is C11H7FN4OS. The van der Waals surface area contributed by atoms with Crippen LogP contribution in [0, 0.1) is 5.82 Å². The van der Waals surface area contributed by atoms with Crippen LogP contribution in [0.25, 0.3) is 10.9 Å². The SMILES string of the molecule is O=C(Nc1n[nH]c2cccc(F)c12)c1cscn1. The normalized spacial score (nSPS) is 10.7. The predicted molar refractivity (Wildman–Crippen MR) is 66.1 cm³/mol. The van der Waals surface area contributed by atoms with E-state index < -0.39 is 11.7 Å². The van der Waals surface area contributed by atoms with Crippen molar-refractivity contribution < 1.29 is 9.18 Å². The zero-order chi connectivity index (χ0) is 12.5. The van der Waals surface area contributed by atoms with Gasteiger partial charge in [-0.2, -0.15) is 5.10 Å². The molecule has 2 heterocycles. The van der Waals surface area contributed by atoms with Crippen LogP contribution in [-0.4, -0.2) is 21.1 Å². The molecule has 7 heteroatoms. The van der Waals surface area contributed by atoms with E-state index >= 15 is 0 Å². The molecule has 90 valence electrons. The number of hydrogen-bond acceptors (Lipinski definition) is 4. The molecule has 0 atom stereocenters. The maximum atomic E-state index is 13.6. The molecule has 18 heavy (non-hydrogen) atoms. The van der Waals surface area contributed by atoms with E-state index in [1.807, 2.05) is 0 Å². The standard InChI is InChI=1S/C11H7FN4OS/c12-6-2-1-3-7-9(6)10(16-15-7)14-11(17)8-4-18-5-13-8/h1-5H,(H2,14,15,16,17). The Bertz CT molecular complexity index is 707. The third-order valence-electron chi connectivity index (χ3n) is 2.44. The Balaban J connectivity index is 1.98. The first-order valence-electron chi connectivity index (χ1n) is 5.08. The van der Waals surface area contributed by atoms with Gasteiger partial charge >= 0.3 is 0 Å². The van der Waals surface area contributed by atoms with Gasteiger partial charge in [-0.25, -0.2) is 9.37 Å². The highest BCUT2D eigenvalue weighted by Gasteiger charge is 2.14. The average molecular weight is 262 g/mol. The number of aromatic nitrogens is 3. The van der Waals surface area contributed by atoms with Crippen molar-refractivity contribution >= 4 is 34.0 Å². The summed E-state index contributed by atoms with van der Waals surface area (Å²) in [5, 5.41) is 10.9. The van der Waals surface area contributed by atoms with E-state index in [9.17, 15) is 9.18 Å². The van der Waals surface area contributed by atoms with Gasteiger partial charge in [-0.05, 0) is 12.1 Å². The Morgan fingerprint density at radius 1 is 1.44 bits per heavy atom. The third-order valence-corrected chi connectivity index (χ3v) is 3.02. The van der Waals surface area contributed by atoms with Gasteiger partial charge in [0, 0.05) is 5.38 Å². The molecule has 0 radical (unpaired) electrons. The van der Waals surface area contributed by atoms with Crippen LogP contribution in [-0.2, 0) is 0 Å². The minimum atomic E-state index is -0.435. The second-order valence-electron chi connectivity index (χ2n) is 3.56. The fourth-order valence-corrected chi connectivity index (χ4v) is 2.15. The number of carbonyl (C=O) groups is 1. The van der Waals surface area contributed by atoms with Crippen LogP contribution in [0.2, 0.25) is 0 Å². The highest BCUT2D eigenvalue weighted by atomic mass is 32.1. The van der Waals surface area contributed by atoms with E-state index in [-0.39, 0.29) is 16.9 Å². The van der Waals surface area contributed by atoms with Crippen molar-refractivity contribution in [1.82, 2.24) is 15.2 Å². The van der Waals surface area contributed by atoms with E-state index in [4.69, 9.17) is 0 Å². The number of halogens is 1. The molecule has 0 unspecified atom stereocenters. The van der Waals surface area contributed by atoms with Crippen LogP contribution in [0.1, 0.15) is 10.5 Å². The van der Waals surface area contributed by atoms with Crippen molar-refractivity contribution in [2.24, 2.45) is 0 Å². The highest BCUT2D eigenvalue weighted by molar-refractivity contribution is 7.07. The summed E-state index contributed by atoms with van der Waals surface area (Å²) in [6.45, 7) is 0. The second kappa shape index (κ2) is 4.19. The summed E-state index contributed by atoms with van der Waals surface area (Å²) < 4.78 is 13.6. The largest absolute Gasteiger partial charge is 0.303 e. The molecule has 0 saturated carbocycles. The smallest absolute Gasteiger partial charge is 0.276 e. The number of carbonyl (C=O) groups excluding carboxylic acids is 1. The van der Waals surface area contributed by atoms with Crippen molar-refractivity contribution in [1.29, 1.82) is 0 Å². The molecule has 0 aliphatic heterocycles. The van der Waals surface area contributed by atoms with Gasteiger partial charge in [0.2, 0.25) is 0 Å². The number of fused-ring (bicyclic) bond motifs is 1. The molecule has 0 saturated heterocycles. The number of rotatable bonds is 2. The number of thiazole rings is 1. The number of nitrogens with one attached hydrogen (secondary N) is 2. The monoisotopic (exact) mass is 262 g/mol. The molecule has 3 aromatic rings. The Labute approximate surface area is 105 Å². The topological polar surface area (TPSA) is 70.7 Å². The van der Waals surface area contributed by atoms with Crippen LogP contribution in [0.3, 0.4) is 0 Å². The highest BCUT2D eigenvalue weighted by Crippen LogP contribution is 2.23. The Hall–Kier alpha value is -2.28. The van der Waals surface area contributed by atoms with Crippen molar-refractivity contribution in [2.75, 3.05) is 5.32 Å². The van der Waals surface area contributed by atoms with E-state index in [1.54, 1.807) is 23.0 Å². The second-order valence-corrected chi connectivity index (χ2v) is 4.28. The molecule has 0 aliphatic carbocycles. The molecule has 0 bridgehead atoms. The number of nitrogens with zero attached hydrogens (tertiary/aromatic N) is 2. The van der Waals surface area contributed by atoms with Crippen molar-refractivity contribution in [3.63, 3.8) is 0 Å². The van der Waals surface area contributed by atoms with E-state index in [1.165, 1.54) is 17.4 Å². The van der Waals surface area contributed by atoms with Crippen molar-refractivity contribution in [3.8, 4) is 0 Å². The summed E-state index contributed by atoms with van der Waals surface area (Å²) in [6.07, 6.45) is 0. The van der Waals surface area contributed by atoms with E-state index in [0.717, 1.165) is 0 Å². The molecule has 2 aromatic heterocycles. The first-order chi connectivity index (χ1) is 8.75. The van der Waals surface area contributed by atoms with Gasteiger partial charge in [-0.1, -0.05) is 6.07 Å². The van der Waals surface area contributed by atoms with Gasteiger partial charge in [-0.3, -0.25) is 9.89 Å². The van der Waals surface area contributed by atoms with Crippen LogP contribution in [0.5, 0.6) is 0 Å². The number of H-pyrrole nitrogens is 1. The minimum absolute atomic E-state index is 0.168. The molecule has 1 aromatic carbocycles. The van der Waals surface area contributed by atoms with E-state index in [2.05, 4.69) is 20.5 Å². The van der Waals surface area contributed by atoms with Crippen molar-refractivity contribution in [3.05, 3.63) is 40.6 Å². The zero-order valence-electron chi connectivity index (χ0n) is 8.98. The maximum Gasteiger partial charge on any atom is 0.276 e. The molecule has 0 spiro atoms. The molecular weight excluding hydrogens is 255 g/mol. The van der Waals surface area contributed by atoms with Gasteiger partial charge in [0.1, 0.15) is 11.5 Å². The molecule has 1 amide bonds. The fraction of sp³-hybridized carbons (Fsp3) is 0. The zero-order valence-corrected chi connectivity index (χ0v) is 9.79. The Kier molecular flexibility index (Phi) is 2.52. The lowest BCUT2D eigenvalue weighted by Gasteiger charge is -1.99. The Morgan fingerprint density at radius 3 is 3.11 bits per heavy atom. The molecule has 3 rings (SSSR count). The predicted octanol–water partition coefficient (Wildman–Crippen LogP) is 2.41. The first kappa shape index (κ1) is 10.8. The maximum absolute atomic E-state index is 13.6. The third kappa shape index (κ3) is 1.74. The lowest BCUT2D eigenvalue weighted by Crippen LogP contribution is -2.12. The summed E-state index contributed by atoms with van der Waals surface area (Å²) in [6, 6.07) is 4.57. The molecule has 5 nitrogen and oxygen atoms in total. The fourth-order valence-electron chi connectivity index (χ4n) is 1.62. The summed E-state index contributed by atoms with van der Waals surface area (Å²) in [5.74, 6) is -0.677. The van der Waals surface area contributed by atoms with Crippen LogP contribution >= 0.6 is 11.3 Å². The van der Waals surface area contributed by atoms with Crippen LogP contribution in [0.4, 0.5) is 10.2 Å². The quantitative estimate of drug-likeness (QED) is 0.745. The van der Waals surface area contributed by atoms with Crippen molar-refractivity contribution in [2.45, 2.75) is 0 Å². The van der Waals surface area contributed by atoms with Crippen LogP contribution in [0.15, 0.2) is 29.1 Å². The minimum Gasteiger partial charge on any atom is -0.303 e. The number of aromatic amines is 1. The molecule has 2 N–H and O–H groups in total. The van der Waals surface area contributed by atoms with Gasteiger partial charge in [0.05, 0.1) is 16.4 Å². The summed E-state index contributed by atoms with van der Waals surface area (Å²) in [7, 11) is 0.